The molecule has 3 N–H and O–H groups in total. The molecule has 0 aliphatic rings. The molecule has 0 atom stereocenters. The number of rotatable bonds is 2. The summed E-state index contributed by atoms with van der Waals surface area (Å²) in [5, 5.41) is 18.2. The number of nitrogens with two attached hydrogens (primary N) is 1. The lowest BCUT2D eigenvalue weighted by atomic mass is 10.2. The first-order chi connectivity index (χ1) is 11.0. The summed E-state index contributed by atoms with van der Waals surface area (Å²) in [4.78, 5) is 22.8. The number of nitro benzene ring substituents is 1. The number of aromatic nitrogens is 2. The van der Waals surface area contributed by atoms with Crippen LogP contribution in [0.25, 0.3) is 10.9 Å². The first-order valence-corrected chi connectivity index (χ1v) is 6.77. The summed E-state index contributed by atoms with van der Waals surface area (Å²) >= 11 is 0. The molecule has 0 aliphatic carbocycles. The predicted molar refractivity (Wildman–Crippen MR) is 86.4 cm³/mol. The molecule has 0 spiro atoms. The maximum Gasteiger partial charge on any atom is 0.347 e. The summed E-state index contributed by atoms with van der Waals surface area (Å²) in [5.41, 5.74) is 7.31. The maximum absolute atomic E-state index is 12.4. The highest BCUT2D eigenvalue weighted by atomic mass is 16.6. The molecule has 1 heterocycles. The summed E-state index contributed by atoms with van der Waals surface area (Å²) in [6, 6.07) is 10.8. The zero-order valence-corrected chi connectivity index (χ0v) is 12.2. The lowest BCUT2D eigenvalue weighted by Crippen LogP contribution is -2.21. The molecule has 1 amide bonds. The van der Waals surface area contributed by atoms with Crippen LogP contribution in [0.1, 0.15) is 5.56 Å². The smallest absolute Gasteiger partial charge is 0.347 e. The average molecular weight is 311 g/mol. The summed E-state index contributed by atoms with van der Waals surface area (Å²) in [6.45, 7) is 1.74. The number of hydrogen-bond acceptors (Lipinski definition) is 5. The van der Waals surface area contributed by atoms with E-state index in [-0.39, 0.29) is 11.5 Å². The number of nitrogens with one attached hydrogen (secondary N) is 1. The molecule has 2 aromatic carbocycles. The van der Waals surface area contributed by atoms with E-state index >= 15 is 0 Å². The molecule has 8 nitrogen and oxygen atoms in total. The fourth-order valence-corrected chi connectivity index (χ4v) is 2.27. The van der Waals surface area contributed by atoms with E-state index in [0.29, 0.717) is 22.2 Å². The van der Waals surface area contributed by atoms with Crippen LogP contribution in [0.2, 0.25) is 0 Å². The van der Waals surface area contributed by atoms with E-state index in [1.165, 1.54) is 12.1 Å². The highest BCUT2D eigenvalue weighted by Crippen LogP contribution is 2.24. The van der Waals surface area contributed by atoms with E-state index in [9.17, 15) is 14.9 Å². The summed E-state index contributed by atoms with van der Waals surface area (Å²) in [6.07, 6.45) is 0. The van der Waals surface area contributed by atoms with Crippen molar-refractivity contribution in [1.29, 1.82) is 0 Å². The molecule has 0 saturated carbocycles. The lowest BCUT2D eigenvalue weighted by molar-refractivity contribution is -0.384. The lowest BCUT2D eigenvalue weighted by Gasteiger charge is -2.08. The Morgan fingerprint density at radius 3 is 2.78 bits per heavy atom. The van der Waals surface area contributed by atoms with Crippen LogP contribution in [0.15, 0.2) is 42.5 Å². The van der Waals surface area contributed by atoms with E-state index in [4.69, 9.17) is 5.73 Å². The number of nitrogen functional groups attached to an aromatic ring is 1. The van der Waals surface area contributed by atoms with Gasteiger partial charge in [0.25, 0.3) is 5.69 Å². The van der Waals surface area contributed by atoms with E-state index in [1.54, 1.807) is 37.3 Å². The number of nitro groups is 1. The van der Waals surface area contributed by atoms with Gasteiger partial charge in [-0.2, -0.15) is 4.68 Å². The number of anilines is 2. The van der Waals surface area contributed by atoms with Crippen molar-refractivity contribution in [3.8, 4) is 0 Å². The quantitative estimate of drug-likeness (QED) is 0.557. The maximum atomic E-state index is 12.4. The van der Waals surface area contributed by atoms with Gasteiger partial charge in [0.1, 0.15) is 0 Å². The van der Waals surface area contributed by atoms with Crippen molar-refractivity contribution < 1.29 is 9.72 Å². The van der Waals surface area contributed by atoms with Crippen LogP contribution in [0.5, 0.6) is 0 Å². The second kappa shape index (κ2) is 5.41. The number of para-hydroxylation sites is 1. The first-order valence-electron chi connectivity index (χ1n) is 6.77. The van der Waals surface area contributed by atoms with Gasteiger partial charge in [-0.15, -0.1) is 5.10 Å². The first kappa shape index (κ1) is 14.5. The highest BCUT2D eigenvalue weighted by Gasteiger charge is 2.16. The normalized spacial score (nSPS) is 10.7. The number of non-ortho nitro benzene ring substituents is 1. The van der Waals surface area contributed by atoms with Crippen molar-refractivity contribution in [2.75, 3.05) is 11.1 Å². The van der Waals surface area contributed by atoms with Crippen LogP contribution < -0.4 is 11.1 Å². The molecule has 23 heavy (non-hydrogen) atoms. The van der Waals surface area contributed by atoms with Crippen molar-refractivity contribution in [3.05, 3.63) is 58.1 Å². The van der Waals surface area contributed by atoms with Crippen molar-refractivity contribution in [2.45, 2.75) is 6.92 Å². The van der Waals surface area contributed by atoms with E-state index in [0.717, 1.165) is 4.68 Å². The Morgan fingerprint density at radius 1 is 1.30 bits per heavy atom. The van der Waals surface area contributed by atoms with Crippen molar-refractivity contribution >= 4 is 34.1 Å². The van der Waals surface area contributed by atoms with Gasteiger partial charge in [0.05, 0.1) is 16.1 Å². The molecule has 0 unspecified atom stereocenters. The number of hydrogen-bond donors (Lipinski definition) is 2. The number of benzene rings is 2. The molecule has 1 aromatic heterocycles. The number of carbonyl (C=O) groups excluding carboxylic acids is 1. The Hall–Kier alpha value is -3.42. The Labute approximate surface area is 130 Å². The van der Waals surface area contributed by atoms with Gasteiger partial charge in [0, 0.05) is 17.5 Å². The number of amides is 1. The van der Waals surface area contributed by atoms with Gasteiger partial charge in [0.15, 0.2) is 5.82 Å². The minimum Gasteiger partial charge on any atom is -0.382 e. The Balaban J connectivity index is 1.98. The largest absolute Gasteiger partial charge is 0.382 e. The fraction of sp³-hybridized carbons (Fsp3) is 0.0667. The van der Waals surface area contributed by atoms with Crippen molar-refractivity contribution in [2.24, 2.45) is 0 Å². The third-order valence-electron chi connectivity index (χ3n) is 3.48. The van der Waals surface area contributed by atoms with Crippen LogP contribution in [-0.2, 0) is 0 Å². The topological polar surface area (TPSA) is 116 Å². The highest BCUT2D eigenvalue weighted by molar-refractivity contribution is 6.00. The zero-order valence-electron chi connectivity index (χ0n) is 12.2. The molecule has 0 fully saturated rings. The molecule has 0 saturated heterocycles. The van der Waals surface area contributed by atoms with Gasteiger partial charge in [-0.25, -0.2) is 4.79 Å². The molecule has 116 valence electrons. The summed E-state index contributed by atoms with van der Waals surface area (Å²) < 4.78 is 1.14. The predicted octanol–water partition coefficient (Wildman–Crippen LogP) is 2.92. The second-order valence-corrected chi connectivity index (χ2v) is 5.00. The monoisotopic (exact) mass is 311 g/mol. The van der Waals surface area contributed by atoms with E-state index in [1.807, 2.05) is 0 Å². The SMILES string of the molecule is Cc1ccc([N+](=O)[O-])cc1NC(=O)n1nc(N)c2ccccc21. The van der Waals surface area contributed by atoms with Crippen LogP contribution in [-0.4, -0.2) is 20.7 Å². The fourth-order valence-electron chi connectivity index (χ4n) is 2.27. The molecule has 3 aromatic rings. The minimum atomic E-state index is -0.540. The number of fused-ring (bicyclic) bond motifs is 1. The van der Waals surface area contributed by atoms with Crippen molar-refractivity contribution in [1.82, 2.24) is 9.78 Å². The zero-order chi connectivity index (χ0) is 16.6. The Morgan fingerprint density at radius 2 is 2.04 bits per heavy atom. The third-order valence-corrected chi connectivity index (χ3v) is 3.48. The molecular formula is C15H13N5O3. The third kappa shape index (κ3) is 2.57. The van der Waals surface area contributed by atoms with Crippen molar-refractivity contribution in [3.63, 3.8) is 0 Å². The van der Waals surface area contributed by atoms with E-state index in [2.05, 4.69) is 10.4 Å². The van der Waals surface area contributed by atoms with Crippen LogP contribution >= 0.6 is 0 Å². The van der Waals surface area contributed by atoms with Gasteiger partial charge < -0.3 is 11.1 Å². The summed E-state index contributed by atoms with van der Waals surface area (Å²) in [7, 11) is 0. The van der Waals surface area contributed by atoms with Crippen LogP contribution in [0, 0.1) is 17.0 Å². The van der Waals surface area contributed by atoms with Crippen LogP contribution in [0.3, 0.4) is 0 Å². The molecule has 0 aliphatic heterocycles. The van der Waals surface area contributed by atoms with Gasteiger partial charge in [-0.1, -0.05) is 18.2 Å². The average Bonchev–Trinajstić information content (AvgIpc) is 2.87. The minimum absolute atomic E-state index is 0.101. The standard InChI is InChI=1S/C15H13N5O3/c1-9-6-7-10(20(22)23)8-12(9)17-15(21)19-13-5-3-2-4-11(13)14(16)18-19/h2-8H,1H3,(H2,16,18)(H,17,21). The second-order valence-electron chi connectivity index (χ2n) is 5.00. The number of carbonyl (C=O) groups is 1. The number of aryl methyl sites for hydroxylation is 1. The number of nitrogens with zero attached hydrogens (tertiary/aromatic N) is 3. The van der Waals surface area contributed by atoms with Gasteiger partial charge in [-0.05, 0) is 24.6 Å². The summed E-state index contributed by atoms with van der Waals surface area (Å²) in [5.74, 6) is 0.242. The molecule has 8 heteroatoms. The molecular weight excluding hydrogens is 298 g/mol. The van der Waals surface area contributed by atoms with E-state index < -0.39 is 11.0 Å². The molecule has 0 bridgehead atoms. The van der Waals surface area contributed by atoms with Crippen LogP contribution in [0.4, 0.5) is 22.0 Å². The molecule has 3 rings (SSSR count). The van der Waals surface area contributed by atoms with Gasteiger partial charge in [0.2, 0.25) is 0 Å². The van der Waals surface area contributed by atoms with Gasteiger partial charge >= 0.3 is 6.03 Å². The van der Waals surface area contributed by atoms with Gasteiger partial charge in [-0.3, -0.25) is 10.1 Å². The Kier molecular flexibility index (Phi) is 3.41. The molecule has 0 radical (unpaired) electrons. The Bertz CT molecular complexity index is 932.